The Morgan fingerprint density at radius 1 is 1.37 bits per heavy atom. The number of ether oxygens (including phenoxy) is 1. The molecule has 0 bridgehead atoms. The zero-order chi connectivity index (χ0) is 13.5. The standard InChI is InChI=1S/C15H21BrN2O/c1-18-7-2-5-15(6-8-18)10-13(17)12-4-3-11(16)9-14(12)19-15/h3-4,9,13H,2,5-8,10,17H2,1H3/t13-,15?/m0/s1. The van der Waals surface area contributed by atoms with E-state index in [1.807, 2.05) is 6.07 Å². The molecule has 1 fully saturated rings. The van der Waals surface area contributed by atoms with E-state index in [0.29, 0.717) is 0 Å². The van der Waals surface area contributed by atoms with Crippen molar-refractivity contribution < 1.29 is 4.74 Å². The minimum absolute atomic E-state index is 0.0576. The number of nitrogens with two attached hydrogens (primary N) is 1. The van der Waals surface area contributed by atoms with Gasteiger partial charge in [-0.2, -0.15) is 0 Å². The third kappa shape index (κ3) is 2.67. The van der Waals surface area contributed by atoms with Crippen LogP contribution in [0.15, 0.2) is 22.7 Å². The first-order valence-corrected chi connectivity index (χ1v) is 7.80. The number of halogens is 1. The summed E-state index contributed by atoms with van der Waals surface area (Å²) in [5.74, 6) is 0.970. The van der Waals surface area contributed by atoms with Gasteiger partial charge in [-0.05, 0) is 45.0 Å². The molecule has 0 saturated carbocycles. The zero-order valence-electron chi connectivity index (χ0n) is 11.4. The second-order valence-electron chi connectivity index (χ2n) is 5.93. The highest BCUT2D eigenvalue weighted by molar-refractivity contribution is 9.10. The van der Waals surface area contributed by atoms with Crippen molar-refractivity contribution in [3.63, 3.8) is 0 Å². The third-order valence-corrected chi connectivity index (χ3v) is 4.91. The highest BCUT2D eigenvalue weighted by Crippen LogP contribution is 2.44. The first kappa shape index (κ1) is 13.4. The maximum atomic E-state index is 6.40. The summed E-state index contributed by atoms with van der Waals surface area (Å²) in [5, 5.41) is 0. The Kier molecular flexibility index (Phi) is 3.58. The summed E-state index contributed by atoms with van der Waals surface area (Å²) in [6.45, 7) is 2.25. The van der Waals surface area contributed by atoms with E-state index in [2.05, 4.69) is 40.0 Å². The number of likely N-dealkylation sites (tertiary alicyclic amines) is 1. The fourth-order valence-electron chi connectivity index (χ4n) is 3.30. The second-order valence-corrected chi connectivity index (χ2v) is 6.85. The van der Waals surface area contributed by atoms with Crippen LogP contribution in [0.4, 0.5) is 0 Å². The lowest BCUT2D eigenvalue weighted by Gasteiger charge is -2.41. The van der Waals surface area contributed by atoms with Crippen LogP contribution in [0.1, 0.15) is 37.3 Å². The monoisotopic (exact) mass is 324 g/mol. The maximum absolute atomic E-state index is 6.40. The molecular weight excluding hydrogens is 304 g/mol. The summed E-state index contributed by atoms with van der Waals surface area (Å²) < 4.78 is 7.46. The van der Waals surface area contributed by atoms with Crippen LogP contribution in [0.25, 0.3) is 0 Å². The molecule has 0 amide bonds. The van der Waals surface area contributed by atoms with Crippen molar-refractivity contribution >= 4 is 15.9 Å². The van der Waals surface area contributed by atoms with Crippen molar-refractivity contribution in [3.8, 4) is 5.75 Å². The second kappa shape index (κ2) is 5.08. The third-order valence-electron chi connectivity index (χ3n) is 4.41. The fourth-order valence-corrected chi connectivity index (χ4v) is 3.64. The summed E-state index contributed by atoms with van der Waals surface area (Å²) in [6.07, 6.45) is 4.31. The summed E-state index contributed by atoms with van der Waals surface area (Å²) in [4.78, 5) is 2.39. The smallest absolute Gasteiger partial charge is 0.126 e. The topological polar surface area (TPSA) is 38.5 Å². The summed E-state index contributed by atoms with van der Waals surface area (Å²) in [6, 6.07) is 6.28. The van der Waals surface area contributed by atoms with Crippen LogP contribution in [0, 0.1) is 0 Å². The summed E-state index contributed by atoms with van der Waals surface area (Å²) in [7, 11) is 2.19. The molecular formula is C15H21BrN2O. The summed E-state index contributed by atoms with van der Waals surface area (Å²) in [5.41, 5.74) is 7.47. The molecule has 4 heteroatoms. The lowest BCUT2D eigenvalue weighted by molar-refractivity contribution is 0.0223. The van der Waals surface area contributed by atoms with E-state index in [1.54, 1.807) is 0 Å². The van der Waals surface area contributed by atoms with Gasteiger partial charge in [0.25, 0.3) is 0 Å². The normalized spacial score (nSPS) is 31.6. The number of hydrogen-bond acceptors (Lipinski definition) is 3. The Bertz CT molecular complexity index is 479. The van der Waals surface area contributed by atoms with Crippen molar-refractivity contribution in [2.24, 2.45) is 5.73 Å². The Morgan fingerprint density at radius 3 is 3.05 bits per heavy atom. The molecule has 1 unspecified atom stereocenters. The van der Waals surface area contributed by atoms with Gasteiger partial charge in [0.15, 0.2) is 0 Å². The van der Waals surface area contributed by atoms with Gasteiger partial charge >= 0.3 is 0 Å². The van der Waals surface area contributed by atoms with E-state index in [-0.39, 0.29) is 11.6 Å². The Hall–Kier alpha value is -0.580. The van der Waals surface area contributed by atoms with E-state index >= 15 is 0 Å². The van der Waals surface area contributed by atoms with Gasteiger partial charge in [-0.15, -0.1) is 0 Å². The first-order chi connectivity index (χ1) is 9.08. The molecule has 0 radical (unpaired) electrons. The number of benzene rings is 1. The van der Waals surface area contributed by atoms with E-state index in [9.17, 15) is 0 Å². The van der Waals surface area contributed by atoms with E-state index in [0.717, 1.165) is 48.1 Å². The zero-order valence-corrected chi connectivity index (χ0v) is 12.9. The van der Waals surface area contributed by atoms with Gasteiger partial charge in [-0.25, -0.2) is 0 Å². The van der Waals surface area contributed by atoms with Gasteiger partial charge < -0.3 is 15.4 Å². The summed E-state index contributed by atoms with van der Waals surface area (Å²) >= 11 is 3.52. The van der Waals surface area contributed by atoms with Crippen molar-refractivity contribution in [3.05, 3.63) is 28.2 Å². The molecule has 1 saturated heterocycles. The van der Waals surface area contributed by atoms with E-state index in [1.165, 1.54) is 6.42 Å². The quantitative estimate of drug-likeness (QED) is 0.797. The molecule has 1 spiro atoms. The van der Waals surface area contributed by atoms with Gasteiger partial charge in [-0.3, -0.25) is 0 Å². The largest absolute Gasteiger partial charge is 0.487 e. The molecule has 2 aliphatic heterocycles. The first-order valence-electron chi connectivity index (χ1n) is 7.01. The van der Waals surface area contributed by atoms with Crippen LogP contribution in [0.3, 0.4) is 0 Å². The van der Waals surface area contributed by atoms with Crippen LogP contribution < -0.4 is 10.5 Å². The number of fused-ring (bicyclic) bond motifs is 1. The van der Waals surface area contributed by atoms with Gasteiger partial charge in [0.1, 0.15) is 11.4 Å². The van der Waals surface area contributed by atoms with Crippen LogP contribution in [-0.2, 0) is 0 Å². The van der Waals surface area contributed by atoms with Crippen LogP contribution in [-0.4, -0.2) is 30.6 Å². The number of rotatable bonds is 0. The van der Waals surface area contributed by atoms with Gasteiger partial charge in [0, 0.05) is 29.0 Å². The Labute approximate surface area is 123 Å². The van der Waals surface area contributed by atoms with Crippen LogP contribution in [0.2, 0.25) is 0 Å². The predicted molar refractivity (Wildman–Crippen MR) is 80.4 cm³/mol. The minimum atomic E-state index is -0.0576. The number of hydrogen-bond donors (Lipinski definition) is 1. The molecule has 2 heterocycles. The molecule has 19 heavy (non-hydrogen) atoms. The highest BCUT2D eigenvalue weighted by atomic mass is 79.9. The van der Waals surface area contributed by atoms with Gasteiger partial charge in [0.2, 0.25) is 0 Å². The SMILES string of the molecule is CN1CCCC2(CC1)C[C@H](N)c1ccc(Br)cc1O2. The molecule has 0 aromatic heterocycles. The molecule has 1 aromatic rings. The average molecular weight is 325 g/mol. The fraction of sp³-hybridized carbons (Fsp3) is 0.600. The lowest BCUT2D eigenvalue weighted by atomic mass is 9.82. The van der Waals surface area contributed by atoms with Gasteiger partial charge in [0.05, 0.1) is 0 Å². The van der Waals surface area contributed by atoms with E-state index < -0.39 is 0 Å². The Balaban J connectivity index is 1.90. The molecule has 3 rings (SSSR count). The molecule has 3 nitrogen and oxygen atoms in total. The van der Waals surface area contributed by atoms with Crippen LogP contribution >= 0.6 is 15.9 Å². The molecule has 2 N–H and O–H groups in total. The van der Waals surface area contributed by atoms with Crippen molar-refractivity contribution in [2.45, 2.75) is 37.3 Å². The molecule has 2 atom stereocenters. The number of nitrogens with zero attached hydrogens (tertiary/aromatic N) is 1. The van der Waals surface area contributed by atoms with Crippen LogP contribution in [0.5, 0.6) is 5.75 Å². The van der Waals surface area contributed by atoms with E-state index in [4.69, 9.17) is 10.5 Å². The minimum Gasteiger partial charge on any atom is -0.487 e. The molecule has 1 aromatic carbocycles. The molecule has 2 aliphatic rings. The Morgan fingerprint density at radius 2 is 2.21 bits per heavy atom. The molecule has 0 aliphatic carbocycles. The van der Waals surface area contributed by atoms with Crippen molar-refractivity contribution in [1.82, 2.24) is 4.90 Å². The molecule has 104 valence electrons. The van der Waals surface area contributed by atoms with Crippen molar-refractivity contribution in [2.75, 3.05) is 20.1 Å². The lowest BCUT2D eigenvalue weighted by Crippen LogP contribution is -2.43. The highest BCUT2D eigenvalue weighted by Gasteiger charge is 2.40. The maximum Gasteiger partial charge on any atom is 0.126 e. The van der Waals surface area contributed by atoms with Gasteiger partial charge in [-0.1, -0.05) is 22.0 Å². The average Bonchev–Trinajstić information content (AvgIpc) is 2.52. The predicted octanol–water partition coefficient (Wildman–Crippen LogP) is 3.09. The van der Waals surface area contributed by atoms with Crippen molar-refractivity contribution in [1.29, 1.82) is 0 Å².